The van der Waals surface area contributed by atoms with E-state index in [1.807, 2.05) is 11.8 Å². The van der Waals surface area contributed by atoms with Crippen LogP contribution >= 0.6 is 24.0 Å². The lowest BCUT2D eigenvalue weighted by molar-refractivity contribution is 0.720. The Balaban J connectivity index is 2.03. The summed E-state index contributed by atoms with van der Waals surface area (Å²) in [5, 5.41) is 7.38. The summed E-state index contributed by atoms with van der Waals surface area (Å²) >= 11 is 7.11. The molecule has 1 aliphatic rings. The zero-order valence-corrected chi connectivity index (χ0v) is 9.93. The van der Waals surface area contributed by atoms with E-state index in [1.54, 1.807) is 0 Å². The largest absolute Gasteiger partial charge is 0.360 e. The molecule has 0 spiro atoms. The molecule has 1 unspecified atom stereocenters. The summed E-state index contributed by atoms with van der Waals surface area (Å²) in [7, 11) is 0. The van der Waals surface area contributed by atoms with Crippen molar-refractivity contribution in [3.8, 4) is 0 Å². The van der Waals surface area contributed by atoms with Gasteiger partial charge in [-0.2, -0.15) is 11.8 Å². The third kappa shape index (κ3) is 5.37. The number of nitrogens with one attached hydrogen (secondary N) is 2. The van der Waals surface area contributed by atoms with E-state index in [0.717, 1.165) is 10.9 Å². The Kier molecular flexibility index (Phi) is 4.88. The highest BCUT2D eigenvalue weighted by Crippen LogP contribution is 2.18. The van der Waals surface area contributed by atoms with Crippen LogP contribution < -0.4 is 10.6 Å². The van der Waals surface area contributed by atoms with Gasteiger partial charge in [-0.25, -0.2) is 0 Å². The molecule has 13 heavy (non-hydrogen) atoms. The smallest absolute Gasteiger partial charge is 0.166 e. The van der Waals surface area contributed by atoms with Crippen LogP contribution in [-0.4, -0.2) is 28.7 Å². The summed E-state index contributed by atoms with van der Waals surface area (Å²) in [5.74, 6) is 2.30. The lowest BCUT2D eigenvalue weighted by Crippen LogP contribution is -2.42. The molecule has 2 nitrogen and oxygen atoms in total. The molecule has 76 valence electrons. The quantitative estimate of drug-likeness (QED) is 0.687. The number of thiocarbonyl (C=S) groups is 1. The first-order valence-corrected chi connectivity index (χ1v) is 6.43. The second-order valence-corrected chi connectivity index (χ2v) is 5.18. The fourth-order valence-corrected chi connectivity index (χ4v) is 2.06. The molecule has 0 aromatic carbocycles. The van der Waals surface area contributed by atoms with E-state index in [9.17, 15) is 0 Å². The summed E-state index contributed by atoms with van der Waals surface area (Å²) in [6.07, 6.45) is 2.56. The maximum atomic E-state index is 5.17. The number of hydrogen-bond acceptors (Lipinski definition) is 2. The Morgan fingerprint density at radius 3 is 2.85 bits per heavy atom. The summed E-state index contributed by atoms with van der Waals surface area (Å²) in [6.45, 7) is 4.35. The van der Waals surface area contributed by atoms with Gasteiger partial charge in [0, 0.05) is 17.8 Å². The fraction of sp³-hybridized carbons (Fsp3) is 0.889. The topological polar surface area (TPSA) is 24.1 Å². The Labute approximate surface area is 90.2 Å². The first-order chi connectivity index (χ1) is 6.22. The van der Waals surface area contributed by atoms with Gasteiger partial charge in [-0.1, -0.05) is 6.92 Å². The zero-order chi connectivity index (χ0) is 9.68. The molecule has 0 aromatic heterocycles. The van der Waals surface area contributed by atoms with Crippen LogP contribution in [0.15, 0.2) is 0 Å². The minimum atomic E-state index is 0.476. The van der Waals surface area contributed by atoms with E-state index < -0.39 is 0 Å². The summed E-state index contributed by atoms with van der Waals surface area (Å²) in [5.41, 5.74) is 0. The van der Waals surface area contributed by atoms with Crippen LogP contribution in [0.25, 0.3) is 0 Å². The molecule has 1 rings (SSSR count). The van der Waals surface area contributed by atoms with Crippen LogP contribution in [0.3, 0.4) is 0 Å². The van der Waals surface area contributed by atoms with Gasteiger partial charge < -0.3 is 10.6 Å². The van der Waals surface area contributed by atoms with Gasteiger partial charge in [0.2, 0.25) is 0 Å². The highest BCUT2D eigenvalue weighted by molar-refractivity contribution is 7.99. The summed E-state index contributed by atoms with van der Waals surface area (Å²) in [4.78, 5) is 0. The Bertz CT molecular complexity index is 169. The van der Waals surface area contributed by atoms with Crippen molar-refractivity contribution in [2.45, 2.75) is 38.8 Å². The molecule has 0 heterocycles. The minimum Gasteiger partial charge on any atom is -0.360 e. The van der Waals surface area contributed by atoms with Crippen molar-refractivity contribution in [3.05, 3.63) is 0 Å². The average Bonchev–Trinajstić information content (AvgIpc) is 2.84. The van der Waals surface area contributed by atoms with E-state index in [-0.39, 0.29) is 0 Å². The number of rotatable bonds is 5. The molecule has 0 bridgehead atoms. The van der Waals surface area contributed by atoms with Crippen molar-refractivity contribution >= 4 is 29.1 Å². The molecule has 0 aliphatic heterocycles. The first kappa shape index (κ1) is 11.1. The SMILES string of the molecule is CCSCC(C)NC(=S)NC1CC1. The van der Waals surface area contributed by atoms with Crippen LogP contribution in [0.1, 0.15) is 26.7 Å². The van der Waals surface area contributed by atoms with E-state index >= 15 is 0 Å². The van der Waals surface area contributed by atoms with Crippen LogP contribution in [0, 0.1) is 0 Å². The Hall–Kier alpha value is 0.0400. The van der Waals surface area contributed by atoms with Crippen molar-refractivity contribution in [1.29, 1.82) is 0 Å². The summed E-state index contributed by atoms with van der Waals surface area (Å²) < 4.78 is 0. The van der Waals surface area contributed by atoms with Crippen LogP contribution in [0.2, 0.25) is 0 Å². The Morgan fingerprint density at radius 2 is 2.31 bits per heavy atom. The van der Waals surface area contributed by atoms with E-state index in [1.165, 1.54) is 18.6 Å². The lowest BCUT2D eigenvalue weighted by Gasteiger charge is -2.15. The van der Waals surface area contributed by atoms with Crippen molar-refractivity contribution in [3.63, 3.8) is 0 Å². The highest BCUT2D eigenvalue weighted by atomic mass is 32.2. The number of hydrogen-bond donors (Lipinski definition) is 2. The van der Waals surface area contributed by atoms with Crippen molar-refractivity contribution < 1.29 is 0 Å². The van der Waals surface area contributed by atoms with Gasteiger partial charge >= 0.3 is 0 Å². The molecule has 0 aromatic rings. The monoisotopic (exact) mass is 218 g/mol. The molecule has 0 amide bonds. The van der Waals surface area contributed by atoms with Gasteiger partial charge in [0.25, 0.3) is 0 Å². The van der Waals surface area contributed by atoms with E-state index in [2.05, 4.69) is 24.5 Å². The van der Waals surface area contributed by atoms with Gasteiger partial charge in [-0.15, -0.1) is 0 Å². The molecule has 1 aliphatic carbocycles. The third-order valence-corrected chi connectivity index (χ3v) is 3.24. The second-order valence-electron chi connectivity index (χ2n) is 3.45. The molecule has 1 atom stereocenters. The predicted octanol–water partition coefficient (Wildman–Crippen LogP) is 1.75. The fourth-order valence-electron chi connectivity index (χ4n) is 1.01. The van der Waals surface area contributed by atoms with Gasteiger partial charge in [0.05, 0.1) is 0 Å². The van der Waals surface area contributed by atoms with Crippen LogP contribution in [0.4, 0.5) is 0 Å². The number of thioether (sulfide) groups is 1. The maximum Gasteiger partial charge on any atom is 0.166 e. The summed E-state index contributed by atoms with van der Waals surface area (Å²) in [6, 6.07) is 1.13. The van der Waals surface area contributed by atoms with E-state index in [4.69, 9.17) is 12.2 Å². The van der Waals surface area contributed by atoms with Crippen LogP contribution in [0.5, 0.6) is 0 Å². The second kappa shape index (κ2) is 5.70. The van der Waals surface area contributed by atoms with Crippen molar-refractivity contribution in [2.75, 3.05) is 11.5 Å². The van der Waals surface area contributed by atoms with E-state index in [0.29, 0.717) is 12.1 Å². The maximum absolute atomic E-state index is 5.17. The minimum absolute atomic E-state index is 0.476. The van der Waals surface area contributed by atoms with Gasteiger partial charge in [0.15, 0.2) is 5.11 Å². The molecule has 4 heteroatoms. The standard InChI is InChI=1S/C9H18N2S2/c1-3-13-6-7(2)10-9(12)11-8-4-5-8/h7-8H,3-6H2,1-2H3,(H2,10,11,12). The lowest BCUT2D eigenvalue weighted by atomic mass is 10.4. The molecule has 2 N–H and O–H groups in total. The Morgan fingerprint density at radius 1 is 1.62 bits per heavy atom. The van der Waals surface area contributed by atoms with Crippen LogP contribution in [-0.2, 0) is 0 Å². The first-order valence-electron chi connectivity index (χ1n) is 4.87. The van der Waals surface area contributed by atoms with Gasteiger partial charge in [0.1, 0.15) is 0 Å². The van der Waals surface area contributed by atoms with Gasteiger partial charge in [-0.3, -0.25) is 0 Å². The van der Waals surface area contributed by atoms with Crippen molar-refractivity contribution in [1.82, 2.24) is 10.6 Å². The highest BCUT2D eigenvalue weighted by Gasteiger charge is 2.21. The molecular weight excluding hydrogens is 200 g/mol. The molecule has 1 saturated carbocycles. The zero-order valence-electron chi connectivity index (χ0n) is 8.30. The molecule has 1 fully saturated rings. The molecule has 0 saturated heterocycles. The molecular formula is C9H18N2S2. The normalized spacial score (nSPS) is 18.0. The predicted molar refractivity (Wildman–Crippen MR) is 64.4 cm³/mol. The average molecular weight is 218 g/mol. The third-order valence-electron chi connectivity index (χ3n) is 1.86. The van der Waals surface area contributed by atoms with Gasteiger partial charge in [-0.05, 0) is 37.7 Å². The molecule has 0 radical (unpaired) electrons. The van der Waals surface area contributed by atoms with Crippen molar-refractivity contribution in [2.24, 2.45) is 0 Å².